The van der Waals surface area contributed by atoms with Gasteiger partial charge in [-0.25, -0.2) is 0 Å². The average molecular weight is 168 g/mol. The van der Waals surface area contributed by atoms with E-state index in [4.69, 9.17) is 5.11 Å². The van der Waals surface area contributed by atoms with E-state index in [-0.39, 0.29) is 18.3 Å². The molecule has 0 radical (unpaired) electrons. The van der Waals surface area contributed by atoms with Crippen molar-refractivity contribution in [1.82, 2.24) is 0 Å². The van der Waals surface area contributed by atoms with E-state index in [0.717, 1.165) is 12.8 Å². The molecule has 0 heterocycles. The number of carboxylic acids is 1. The highest BCUT2D eigenvalue weighted by Gasteiger charge is 2.45. The second-order valence-corrected chi connectivity index (χ2v) is 3.97. The molecule has 2 aliphatic rings. The summed E-state index contributed by atoms with van der Waals surface area (Å²) in [5, 5.41) is 8.58. The van der Waals surface area contributed by atoms with Crippen molar-refractivity contribution < 1.29 is 14.7 Å². The smallest absolute Gasteiger partial charge is 0.303 e. The van der Waals surface area contributed by atoms with Crippen LogP contribution >= 0.6 is 0 Å². The van der Waals surface area contributed by atoms with Crippen LogP contribution in [0.4, 0.5) is 0 Å². The molecule has 2 rings (SSSR count). The second kappa shape index (κ2) is 2.57. The molecular formula is C9H12O3. The fourth-order valence-electron chi connectivity index (χ4n) is 2.69. The van der Waals surface area contributed by atoms with Gasteiger partial charge in [0.05, 0.1) is 0 Å². The molecular weight excluding hydrogens is 156 g/mol. The minimum Gasteiger partial charge on any atom is -0.481 e. The number of hydrogen-bond acceptors (Lipinski definition) is 2. The van der Waals surface area contributed by atoms with E-state index in [0.29, 0.717) is 18.1 Å². The van der Waals surface area contributed by atoms with Gasteiger partial charge in [-0.2, -0.15) is 0 Å². The number of carbonyl (C=O) groups excluding carboxylic acids is 1. The van der Waals surface area contributed by atoms with Crippen LogP contribution in [-0.4, -0.2) is 16.9 Å². The van der Waals surface area contributed by atoms with Crippen molar-refractivity contribution in [3.63, 3.8) is 0 Å². The number of Topliss-reactive ketones (excluding diaryl/α,β-unsaturated/α-hetero) is 1. The number of rotatable bonds is 2. The third-order valence-corrected chi connectivity index (χ3v) is 3.13. The molecule has 0 unspecified atom stereocenters. The maximum absolute atomic E-state index is 11.2. The van der Waals surface area contributed by atoms with Gasteiger partial charge in [0, 0.05) is 18.8 Å². The van der Waals surface area contributed by atoms with Gasteiger partial charge >= 0.3 is 5.97 Å². The van der Waals surface area contributed by atoms with Crippen LogP contribution in [0.25, 0.3) is 0 Å². The summed E-state index contributed by atoms with van der Waals surface area (Å²) in [5.41, 5.74) is 0. The number of fused-ring (bicyclic) bond motifs is 2. The Morgan fingerprint density at radius 3 is 2.75 bits per heavy atom. The zero-order valence-corrected chi connectivity index (χ0v) is 6.82. The zero-order chi connectivity index (χ0) is 8.72. The van der Waals surface area contributed by atoms with Crippen LogP contribution in [0.2, 0.25) is 0 Å². The first kappa shape index (κ1) is 7.77. The van der Waals surface area contributed by atoms with Gasteiger partial charge in [0.15, 0.2) is 0 Å². The van der Waals surface area contributed by atoms with E-state index >= 15 is 0 Å². The van der Waals surface area contributed by atoms with Gasteiger partial charge in [-0.15, -0.1) is 0 Å². The van der Waals surface area contributed by atoms with E-state index in [1.54, 1.807) is 0 Å². The number of hydrogen-bond donors (Lipinski definition) is 1. The molecule has 1 N–H and O–H groups in total. The largest absolute Gasteiger partial charge is 0.481 e. The Balaban J connectivity index is 2.02. The molecule has 0 spiro atoms. The molecule has 0 aromatic heterocycles. The predicted molar refractivity (Wildman–Crippen MR) is 41.6 cm³/mol. The minimum atomic E-state index is -0.764. The maximum Gasteiger partial charge on any atom is 0.303 e. The quantitative estimate of drug-likeness (QED) is 0.671. The van der Waals surface area contributed by atoms with Crippen LogP contribution in [0.1, 0.15) is 25.7 Å². The number of carboxylic acid groups (broad SMARTS) is 1. The molecule has 3 nitrogen and oxygen atoms in total. The minimum absolute atomic E-state index is 0.0890. The zero-order valence-electron chi connectivity index (χ0n) is 6.82. The van der Waals surface area contributed by atoms with Crippen LogP contribution in [0.5, 0.6) is 0 Å². The van der Waals surface area contributed by atoms with Gasteiger partial charge < -0.3 is 5.11 Å². The summed E-state index contributed by atoms with van der Waals surface area (Å²) < 4.78 is 0. The van der Waals surface area contributed by atoms with Crippen LogP contribution in [-0.2, 0) is 9.59 Å². The molecule has 3 heteroatoms. The summed E-state index contributed by atoms with van der Waals surface area (Å²) >= 11 is 0. The van der Waals surface area contributed by atoms with Crippen molar-refractivity contribution in [2.45, 2.75) is 25.7 Å². The molecule has 66 valence electrons. The Bertz CT molecular complexity index is 234. The highest BCUT2D eigenvalue weighted by Crippen LogP contribution is 2.47. The molecule has 2 fully saturated rings. The highest BCUT2D eigenvalue weighted by molar-refractivity contribution is 5.85. The first-order valence-electron chi connectivity index (χ1n) is 4.41. The maximum atomic E-state index is 11.2. The summed E-state index contributed by atoms with van der Waals surface area (Å²) in [6, 6.07) is 0. The van der Waals surface area contributed by atoms with Crippen molar-refractivity contribution in [3.8, 4) is 0 Å². The number of ketones is 1. The van der Waals surface area contributed by atoms with Crippen molar-refractivity contribution in [3.05, 3.63) is 0 Å². The summed E-state index contributed by atoms with van der Waals surface area (Å²) in [4.78, 5) is 21.7. The van der Waals surface area contributed by atoms with Crippen molar-refractivity contribution >= 4 is 11.8 Å². The van der Waals surface area contributed by atoms with Crippen LogP contribution in [0.3, 0.4) is 0 Å². The Hall–Kier alpha value is -0.860. The van der Waals surface area contributed by atoms with E-state index < -0.39 is 5.97 Å². The standard InChI is InChI=1S/C9H12O3/c10-8-3-5-1-6(4-9(11)12)7(8)2-5/h5-7H,1-4H2,(H,11,12)/t5-,6-,7-/m0/s1. The lowest BCUT2D eigenvalue weighted by atomic mass is 9.86. The fraction of sp³-hybridized carbons (Fsp3) is 0.778. The summed E-state index contributed by atoms with van der Waals surface area (Å²) in [6.07, 6.45) is 2.81. The Kier molecular flexibility index (Phi) is 1.67. The highest BCUT2D eigenvalue weighted by atomic mass is 16.4. The molecule has 0 aromatic carbocycles. The molecule has 0 saturated heterocycles. The molecule has 2 saturated carbocycles. The first-order valence-corrected chi connectivity index (χ1v) is 4.41. The van der Waals surface area contributed by atoms with E-state index in [1.807, 2.05) is 0 Å². The predicted octanol–water partition coefficient (Wildman–Crippen LogP) is 1.08. The molecule has 12 heavy (non-hydrogen) atoms. The normalized spacial score (nSPS) is 39.0. The lowest BCUT2D eigenvalue weighted by molar-refractivity contribution is -0.138. The van der Waals surface area contributed by atoms with Crippen LogP contribution in [0.15, 0.2) is 0 Å². The Morgan fingerprint density at radius 2 is 2.25 bits per heavy atom. The van der Waals surface area contributed by atoms with E-state index in [2.05, 4.69) is 0 Å². The lowest BCUT2D eigenvalue weighted by Crippen LogP contribution is -2.22. The monoisotopic (exact) mass is 168 g/mol. The van der Waals surface area contributed by atoms with E-state index in [1.165, 1.54) is 0 Å². The molecule has 0 aliphatic heterocycles. The summed E-state index contributed by atoms with van der Waals surface area (Å²) in [5.74, 6) is 0.282. The van der Waals surface area contributed by atoms with Gasteiger partial charge in [-0.05, 0) is 24.7 Å². The van der Waals surface area contributed by atoms with Gasteiger partial charge in [0.25, 0.3) is 0 Å². The van der Waals surface area contributed by atoms with Crippen molar-refractivity contribution in [1.29, 1.82) is 0 Å². The number of carbonyl (C=O) groups is 2. The van der Waals surface area contributed by atoms with Gasteiger partial charge in [-0.3, -0.25) is 9.59 Å². The topological polar surface area (TPSA) is 54.4 Å². The molecule has 2 bridgehead atoms. The first-order chi connectivity index (χ1) is 5.66. The molecule has 0 amide bonds. The fourth-order valence-corrected chi connectivity index (χ4v) is 2.69. The van der Waals surface area contributed by atoms with Crippen molar-refractivity contribution in [2.24, 2.45) is 17.8 Å². The van der Waals surface area contributed by atoms with Gasteiger partial charge in [0.1, 0.15) is 5.78 Å². The van der Waals surface area contributed by atoms with E-state index in [9.17, 15) is 9.59 Å². The van der Waals surface area contributed by atoms with Crippen LogP contribution < -0.4 is 0 Å². The number of aliphatic carboxylic acids is 1. The van der Waals surface area contributed by atoms with Gasteiger partial charge in [-0.1, -0.05) is 0 Å². The Labute approximate surface area is 70.8 Å². The Morgan fingerprint density at radius 1 is 1.50 bits per heavy atom. The molecule has 3 atom stereocenters. The molecule has 0 aromatic rings. The third kappa shape index (κ3) is 1.13. The lowest BCUT2D eigenvalue weighted by Gasteiger charge is -2.18. The van der Waals surface area contributed by atoms with Crippen molar-refractivity contribution in [2.75, 3.05) is 0 Å². The summed E-state index contributed by atoms with van der Waals surface area (Å²) in [6.45, 7) is 0. The van der Waals surface area contributed by atoms with Gasteiger partial charge in [0.2, 0.25) is 0 Å². The second-order valence-electron chi connectivity index (χ2n) is 3.97. The van der Waals surface area contributed by atoms with Crippen LogP contribution in [0, 0.1) is 17.8 Å². The molecule has 2 aliphatic carbocycles. The average Bonchev–Trinajstić information content (AvgIpc) is 2.43. The third-order valence-electron chi connectivity index (χ3n) is 3.13. The summed E-state index contributed by atoms with van der Waals surface area (Å²) in [7, 11) is 0. The SMILES string of the molecule is O=C(O)C[C@@H]1C[C@@H]2CC(=O)[C@H]1C2.